The van der Waals surface area contributed by atoms with Crippen molar-refractivity contribution in [2.75, 3.05) is 26.2 Å². The molecule has 0 aliphatic rings. The lowest BCUT2D eigenvalue weighted by Gasteiger charge is -2.07. The number of amidine groups is 1. The van der Waals surface area contributed by atoms with E-state index in [0.717, 1.165) is 38.9 Å². The Balaban J connectivity index is 1.84. The number of pyridine rings is 1. The number of nitrogens with two attached hydrogens (primary N) is 3. The molecule has 8 nitrogen and oxygen atoms in total. The van der Waals surface area contributed by atoms with Crippen LogP contribution < -0.4 is 27.3 Å². The summed E-state index contributed by atoms with van der Waals surface area (Å²) >= 11 is 0. The number of hydrogen-bond donors (Lipinski definition) is 5. The molecular weight excluding hydrogens is 342 g/mol. The molecule has 27 heavy (non-hydrogen) atoms. The summed E-state index contributed by atoms with van der Waals surface area (Å²) in [5.74, 6) is 0.779. The van der Waals surface area contributed by atoms with Gasteiger partial charge in [0.1, 0.15) is 5.84 Å². The van der Waals surface area contributed by atoms with E-state index in [2.05, 4.69) is 15.3 Å². The molecule has 8 N–H and O–H groups in total. The third-order valence-corrected chi connectivity index (χ3v) is 4.10. The van der Waals surface area contributed by atoms with Crippen molar-refractivity contribution in [3.05, 3.63) is 23.9 Å². The van der Waals surface area contributed by atoms with Gasteiger partial charge in [0.25, 0.3) is 0 Å². The fourth-order valence-corrected chi connectivity index (χ4v) is 2.56. The van der Waals surface area contributed by atoms with E-state index in [0.29, 0.717) is 18.1 Å². The first-order chi connectivity index (χ1) is 13.1. The summed E-state index contributed by atoms with van der Waals surface area (Å²) in [6.07, 6.45) is 10.9. The molecule has 0 amide bonds. The molecule has 0 saturated carbocycles. The smallest absolute Gasteiger partial charge is 0.213 e. The fourth-order valence-electron chi connectivity index (χ4n) is 2.56. The van der Waals surface area contributed by atoms with Crippen LogP contribution in [0.4, 0.5) is 0 Å². The molecule has 0 fully saturated rings. The number of aliphatic imine (C=N–C) groups is 1. The van der Waals surface area contributed by atoms with E-state index >= 15 is 0 Å². The van der Waals surface area contributed by atoms with Crippen LogP contribution in [-0.4, -0.2) is 43.0 Å². The molecule has 1 aromatic heterocycles. The molecule has 0 radical (unpaired) electrons. The highest BCUT2D eigenvalue weighted by Crippen LogP contribution is 2.08. The number of hydrogen-bond acceptors (Lipinski definition) is 5. The number of ether oxygens (including phenoxy) is 1. The number of aromatic nitrogens is 1. The standard InChI is InChI=1S/C19H35N7O/c20-18(21)16-9-10-17(26-15-16)27-14-8-7-12-24-11-5-3-1-2-4-6-13-25-19(22)23/h9-10,15,24H,1-8,11-14H2,(H3,20,21)(H4,22,23,25). The lowest BCUT2D eigenvalue weighted by atomic mass is 10.1. The molecule has 152 valence electrons. The predicted octanol–water partition coefficient (Wildman–Crippen LogP) is 1.73. The van der Waals surface area contributed by atoms with E-state index in [1.165, 1.54) is 32.1 Å². The van der Waals surface area contributed by atoms with Crippen molar-refractivity contribution in [3.63, 3.8) is 0 Å². The summed E-state index contributed by atoms with van der Waals surface area (Å²) in [5.41, 5.74) is 16.6. The summed E-state index contributed by atoms with van der Waals surface area (Å²) in [6.45, 7) is 3.48. The van der Waals surface area contributed by atoms with E-state index < -0.39 is 0 Å². The highest BCUT2D eigenvalue weighted by Gasteiger charge is 1.99. The number of rotatable bonds is 16. The van der Waals surface area contributed by atoms with Crippen LogP contribution >= 0.6 is 0 Å². The molecule has 1 rings (SSSR count). The largest absolute Gasteiger partial charge is 0.478 e. The van der Waals surface area contributed by atoms with Gasteiger partial charge >= 0.3 is 0 Å². The van der Waals surface area contributed by atoms with Gasteiger partial charge in [-0.2, -0.15) is 0 Å². The number of nitrogens with zero attached hydrogens (tertiary/aromatic N) is 2. The first-order valence-corrected chi connectivity index (χ1v) is 9.79. The Morgan fingerprint density at radius 1 is 0.963 bits per heavy atom. The minimum Gasteiger partial charge on any atom is -0.478 e. The number of nitrogen functional groups attached to an aromatic ring is 1. The molecular formula is C19H35N7O. The van der Waals surface area contributed by atoms with Gasteiger partial charge in [0, 0.05) is 24.4 Å². The van der Waals surface area contributed by atoms with Crippen molar-refractivity contribution in [2.24, 2.45) is 22.2 Å². The van der Waals surface area contributed by atoms with Gasteiger partial charge in [-0.3, -0.25) is 10.4 Å². The van der Waals surface area contributed by atoms with Crippen molar-refractivity contribution in [1.82, 2.24) is 10.3 Å². The quantitative estimate of drug-likeness (QED) is 0.168. The van der Waals surface area contributed by atoms with Crippen molar-refractivity contribution >= 4 is 11.8 Å². The summed E-state index contributed by atoms with van der Waals surface area (Å²) in [7, 11) is 0. The molecule has 0 unspecified atom stereocenters. The Morgan fingerprint density at radius 2 is 1.63 bits per heavy atom. The second-order valence-electron chi connectivity index (χ2n) is 6.53. The molecule has 0 atom stereocenters. The predicted molar refractivity (Wildman–Crippen MR) is 111 cm³/mol. The second kappa shape index (κ2) is 14.8. The fraction of sp³-hybridized carbons (Fsp3) is 0.632. The highest BCUT2D eigenvalue weighted by atomic mass is 16.5. The van der Waals surface area contributed by atoms with Crippen LogP contribution in [0, 0.1) is 5.41 Å². The Labute approximate surface area is 162 Å². The lowest BCUT2D eigenvalue weighted by Crippen LogP contribution is -2.22. The normalized spacial score (nSPS) is 10.5. The first-order valence-electron chi connectivity index (χ1n) is 9.79. The van der Waals surface area contributed by atoms with E-state index in [1.54, 1.807) is 18.3 Å². The molecule has 0 aliphatic carbocycles. The summed E-state index contributed by atoms with van der Waals surface area (Å²) < 4.78 is 5.58. The van der Waals surface area contributed by atoms with E-state index in [1.807, 2.05) is 0 Å². The van der Waals surface area contributed by atoms with E-state index in [4.69, 9.17) is 27.3 Å². The first kappa shape index (κ1) is 22.7. The molecule has 0 aromatic carbocycles. The summed E-state index contributed by atoms with van der Waals surface area (Å²) in [5, 5.41) is 10.8. The Kier molecular flexibility index (Phi) is 12.4. The molecule has 0 aliphatic heterocycles. The van der Waals surface area contributed by atoms with Crippen molar-refractivity contribution < 1.29 is 4.74 Å². The zero-order valence-electron chi connectivity index (χ0n) is 16.3. The van der Waals surface area contributed by atoms with Gasteiger partial charge in [0.2, 0.25) is 5.88 Å². The molecule has 1 aromatic rings. The highest BCUT2D eigenvalue weighted by molar-refractivity contribution is 5.94. The monoisotopic (exact) mass is 377 g/mol. The van der Waals surface area contributed by atoms with Crippen molar-refractivity contribution in [1.29, 1.82) is 5.41 Å². The van der Waals surface area contributed by atoms with Gasteiger partial charge in [-0.1, -0.05) is 25.7 Å². The third-order valence-electron chi connectivity index (χ3n) is 4.10. The zero-order valence-corrected chi connectivity index (χ0v) is 16.3. The Bertz CT molecular complexity index is 541. The van der Waals surface area contributed by atoms with Gasteiger partial charge in [0.05, 0.1) is 6.61 Å². The van der Waals surface area contributed by atoms with Gasteiger partial charge < -0.3 is 27.3 Å². The van der Waals surface area contributed by atoms with Gasteiger partial charge in [-0.25, -0.2) is 4.98 Å². The van der Waals surface area contributed by atoms with Gasteiger partial charge in [0.15, 0.2) is 5.96 Å². The number of unbranched alkanes of at least 4 members (excludes halogenated alkanes) is 6. The SMILES string of the molecule is N=C(N)c1ccc(OCCCCNCCCCCCCCN=C(N)N)nc1. The Hall–Kier alpha value is -2.35. The molecule has 8 heteroatoms. The van der Waals surface area contributed by atoms with Crippen LogP contribution in [0.3, 0.4) is 0 Å². The molecule has 1 heterocycles. The third kappa shape index (κ3) is 12.6. The van der Waals surface area contributed by atoms with Crippen LogP contribution in [0.15, 0.2) is 23.3 Å². The minimum atomic E-state index is 0.0166. The number of nitrogens with one attached hydrogen (secondary N) is 2. The average molecular weight is 378 g/mol. The molecule has 0 saturated heterocycles. The van der Waals surface area contributed by atoms with Gasteiger partial charge in [-0.05, 0) is 44.8 Å². The van der Waals surface area contributed by atoms with E-state index in [9.17, 15) is 0 Å². The second-order valence-corrected chi connectivity index (χ2v) is 6.53. The maximum atomic E-state index is 7.32. The summed E-state index contributed by atoms with van der Waals surface area (Å²) in [6, 6.07) is 3.49. The summed E-state index contributed by atoms with van der Waals surface area (Å²) in [4.78, 5) is 8.11. The maximum absolute atomic E-state index is 7.32. The number of guanidine groups is 1. The van der Waals surface area contributed by atoms with Crippen molar-refractivity contribution in [3.8, 4) is 5.88 Å². The van der Waals surface area contributed by atoms with Crippen LogP contribution in [0.1, 0.15) is 56.9 Å². The van der Waals surface area contributed by atoms with Crippen LogP contribution in [0.25, 0.3) is 0 Å². The van der Waals surface area contributed by atoms with E-state index in [-0.39, 0.29) is 11.8 Å². The van der Waals surface area contributed by atoms with Crippen LogP contribution in [-0.2, 0) is 0 Å². The minimum absolute atomic E-state index is 0.0166. The Morgan fingerprint density at radius 3 is 2.26 bits per heavy atom. The molecule has 0 bridgehead atoms. The van der Waals surface area contributed by atoms with Crippen molar-refractivity contribution in [2.45, 2.75) is 51.4 Å². The average Bonchev–Trinajstić information content (AvgIpc) is 2.65. The lowest BCUT2D eigenvalue weighted by molar-refractivity contribution is 0.294. The topological polar surface area (TPSA) is 148 Å². The van der Waals surface area contributed by atoms with Gasteiger partial charge in [-0.15, -0.1) is 0 Å². The van der Waals surface area contributed by atoms with Crippen LogP contribution in [0.5, 0.6) is 5.88 Å². The molecule has 0 spiro atoms. The zero-order chi connectivity index (χ0) is 19.7. The maximum Gasteiger partial charge on any atom is 0.213 e. The van der Waals surface area contributed by atoms with Crippen LogP contribution in [0.2, 0.25) is 0 Å².